The first kappa shape index (κ1) is 20.4. The predicted molar refractivity (Wildman–Crippen MR) is 84.8 cm³/mol. The zero-order chi connectivity index (χ0) is 19.1. The third-order valence-corrected chi connectivity index (χ3v) is 3.74. The van der Waals surface area contributed by atoms with Crippen LogP contribution in [-0.2, 0) is 24.0 Å². The lowest BCUT2D eigenvalue weighted by Gasteiger charge is -2.27. The van der Waals surface area contributed by atoms with Crippen LogP contribution in [0.4, 0.5) is 0 Å². The fourth-order valence-electron chi connectivity index (χ4n) is 2.51. The summed E-state index contributed by atoms with van der Waals surface area (Å²) in [5, 5.41) is 13.1. The summed E-state index contributed by atoms with van der Waals surface area (Å²) in [6, 6.07) is -2.90. The Balaban J connectivity index is 2.64. The van der Waals surface area contributed by atoms with Gasteiger partial charge in [-0.25, -0.2) is 0 Å². The zero-order valence-corrected chi connectivity index (χ0v) is 13.9. The second-order valence-electron chi connectivity index (χ2n) is 5.81. The van der Waals surface area contributed by atoms with Gasteiger partial charge in [-0.1, -0.05) is 0 Å². The van der Waals surface area contributed by atoms with Gasteiger partial charge in [0, 0.05) is 6.54 Å². The van der Waals surface area contributed by atoms with Crippen molar-refractivity contribution in [3.63, 3.8) is 0 Å². The molecule has 3 unspecified atom stereocenters. The predicted octanol–water partition coefficient (Wildman–Crippen LogP) is -3.11. The van der Waals surface area contributed by atoms with Crippen molar-refractivity contribution in [2.45, 2.75) is 44.3 Å². The minimum absolute atomic E-state index is 0.309. The van der Waals surface area contributed by atoms with Gasteiger partial charge in [-0.3, -0.25) is 24.0 Å². The van der Waals surface area contributed by atoms with E-state index in [1.54, 1.807) is 0 Å². The lowest BCUT2D eigenvalue weighted by atomic mass is 10.1. The van der Waals surface area contributed by atoms with Crippen molar-refractivity contribution in [2.24, 2.45) is 11.5 Å². The number of carboxylic acid groups (broad SMARTS) is 1. The van der Waals surface area contributed by atoms with Crippen molar-refractivity contribution in [1.82, 2.24) is 15.5 Å². The number of aliphatic carboxylic acids is 1. The lowest BCUT2D eigenvalue weighted by molar-refractivity contribution is -0.141. The molecule has 3 atom stereocenters. The summed E-state index contributed by atoms with van der Waals surface area (Å²) in [5.41, 5.74) is 10.7. The maximum Gasteiger partial charge on any atom is 0.322 e. The number of primary amides is 1. The fraction of sp³-hybridized carbons (Fsp3) is 0.643. The average molecular weight is 357 g/mol. The highest BCUT2D eigenvalue weighted by atomic mass is 16.4. The smallest absolute Gasteiger partial charge is 0.322 e. The molecular formula is C14H23N5O6. The summed E-state index contributed by atoms with van der Waals surface area (Å²) >= 11 is 0. The van der Waals surface area contributed by atoms with E-state index in [2.05, 4.69) is 10.6 Å². The van der Waals surface area contributed by atoms with Crippen molar-refractivity contribution >= 4 is 29.6 Å². The van der Waals surface area contributed by atoms with Crippen LogP contribution in [0.2, 0.25) is 0 Å². The summed E-state index contributed by atoms with van der Waals surface area (Å²) in [7, 11) is 0. The summed E-state index contributed by atoms with van der Waals surface area (Å²) < 4.78 is 0. The van der Waals surface area contributed by atoms with E-state index in [9.17, 15) is 24.0 Å². The molecule has 1 aliphatic heterocycles. The number of amides is 4. The number of carbonyl (C=O) groups is 5. The van der Waals surface area contributed by atoms with Crippen LogP contribution in [0, 0.1) is 0 Å². The molecule has 1 aliphatic rings. The van der Waals surface area contributed by atoms with Gasteiger partial charge < -0.3 is 32.1 Å². The lowest BCUT2D eigenvalue weighted by Crippen LogP contribution is -2.55. The Hall–Kier alpha value is -2.69. The van der Waals surface area contributed by atoms with Crippen molar-refractivity contribution in [3.8, 4) is 0 Å². The van der Waals surface area contributed by atoms with Crippen LogP contribution < -0.4 is 22.1 Å². The van der Waals surface area contributed by atoms with E-state index in [0.717, 1.165) is 0 Å². The number of hydrogen-bond acceptors (Lipinski definition) is 6. The van der Waals surface area contributed by atoms with Crippen LogP contribution in [0.15, 0.2) is 0 Å². The molecule has 25 heavy (non-hydrogen) atoms. The molecule has 0 saturated carbocycles. The largest absolute Gasteiger partial charge is 0.480 e. The van der Waals surface area contributed by atoms with Gasteiger partial charge in [-0.15, -0.1) is 0 Å². The number of rotatable bonds is 8. The van der Waals surface area contributed by atoms with Crippen molar-refractivity contribution in [1.29, 1.82) is 0 Å². The molecular weight excluding hydrogens is 334 g/mol. The van der Waals surface area contributed by atoms with Crippen molar-refractivity contribution in [3.05, 3.63) is 0 Å². The van der Waals surface area contributed by atoms with Gasteiger partial charge in [0.2, 0.25) is 23.6 Å². The molecule has 0 bridgehead atoms. The number of nitrogens with one attached hydrogen (secondary N) is 2. The number of carbonyl (C=O) groups excluding carboxylic acids is 4. The highest BCUT2D eigenvalue weighted by Crippen LogP contribution is 2.19. The van der Waals surface area contributed by atoms with E-state index in [-0.39, 0.29) is 6.42 Å². The van der Waals surface area contributed by atoms with Crippen LogP contribution in [-0.4, -0.2) is 70.8 Å². The van der Waals surface area contributed by atoms with Crippen LogP contribution in [0.1, 0.15) is 26.2 Å². The van der Waals surface area contributed by atoms with E-state index < -0.39 is 54.3 Å². The number of hydrogen-bond donors (Lipinski definition) is 5. The molecule has 1 heterocycles. The summed E-state index contributed by atoms with van der Waals surface area (Å²) in [6.45, 7) is 1.15. The monoisotopic (exact) mass is 357 g/mol. The molecule has 0 aliphatic carbocycles. The normalized spacial score (nSPS) is 19.0. The molecule has 0 spiro atoms. The third-order valence-electron chi connectivity index (χ3n) is 3.74. The standard InChI is InChI=1S/C14H23N5O6/c1-7(12(23)17-6-11(21)22)18-13(24)9-3-2-4-19(9)14(25)8(15)5-10(16)20/h7-9H,2-6,15H2,1H3,(H2,16,20)(H,17,23)(H,18,24)(H,21,22). The molecule has 0 aromatic rings. The summed E-state index contributed by atoms with van der Waals surface area (Å²) in [4.78, 5) is 58.9. The molecule has 0 aromatic heterocycles. The molecule has 4 amide bonds. The number of nitrogens with two attached hydrogens (primary N) is 2. The van der Waals surface area contributed by atoms with Gasteiger partial charge in [0.15, 0.2) is 0 Å². The Morgan fingerprint density at radius 2 is 1.92 bits per heavy atom. The minimum Gasteiger partial charge on any atom is -0.480 e. The summed E-state index contributed by atoms with van der Waals surface area (Å²) in [6.07, 6.45) is 0.648. The molecule has 7 N–H and O–H groups in total. The van der Waals surface area contributed by atoms with Gasteiger partial charge in [-0.05, 0) is 19.8 Å². The minimum atomic E-state index is -1.21. The maximum absolute atomic E-state index is 12.3. The van der Waals surface area contributed by atoms with E-state index >= 15 is 0 Å². The molecule has 11 nitrogen and oxygen atoms in total. The van der Waals surface area contributed by atoms with Crippen molar-refractivity contribution in [2.75, 3.05) is 13.1 Å². The SMILES string of the molecule is CC(NC(=O)C1CCCN1C(=O)C(N)CC(N)=O)C(=O)NCC(=O)O. The number of nitrogens with zero attached hydrogens (tertiary/aromatic N) is 1. The Kier molecular flexibility index (Phi) is 7.30. The van der Waals surface area contributed by atoms with Crippen LogP contribution >= 0.6 is 0 Å². The van der Waals surface area contributed by atoms with Gasteiger partial charge >= 0.3 is 5.97 Å². The Bertz CT molecular complexity index is 566. The van der Waals surface area contributed by atoms with Crippen LogP contribution in [0.25, 0.3) is 0 Å². The Morgan fingerprint density at radius 1 is 1.28 bits per heavy atom. The van der Waals surface area contributed by atoms with E-state index in [0.29, 0.717) is 19.4 Å². The maximum atomic E-state index is 12.3. The average Bonchev–Trinajstić information content (AvgIpc) is 3.00. The third kappa shape index (κ3) is 6.03. The second kappa shape index (κ2) is 8.97. The Labute approximate surface area is 144 Å². The first-order chi connectivity index (χ1) is 11.6. The highest BCUT2D eigenvalue weighted by Gasteiger charge is 2.37. The first-order valence-corrected chi connectivity index (χ1v) is 7.77. The quantitative estimate of drug-likeness (QED) is 0.304. The molecule has 1 fully saturated rings. The molecule has 140 valence electrons. The van der Waals surface area contributed by atoms with Crippen molar-refractivity contribution < 1.29 is 29.1 Å². The fourth-order valence-corrected chi connectivity index (χ4v) is 2.51. The molecule has 1 rings (SSSR count). The molecule has 0 radical (unpaired) electrons. The first-order valence-electron chi connectivity index (χ1n) is 7.77. The van der Waals surface area contributed by atoms with Gasteiger partial charge in [0.25, 0.3) is 0 Å². The van der Waals surface area contributed by atoms with Gasteiger partial charge in [0.05, 0.1) is 12.5 Å². The van der Waals surface area contributed by atoms with Crippen LogP contribution in [0.5, 0.6) is 0 Å². The van der Waals surface area contributed by atoms with E-state index in [4.69, 9.17) is 16.6 Å². The molecule has 11 heteroatoms. The highest BCUT2D eigenvalue weighted by molar-refractivity contribution is 5.94. The molecule has 1 saturated heterocycles. The van der Waals surface area contributed by atoms with Gasteiger partial charge in [-0.2, -0.15) is 0 Å². The number of likely N-dealkylation sites (tertiary alicyclic amines) is 1. The number of carboxylic acids is 1. The van der Waals surface area contributed by atoms with Crippen LogP contribution in [0.3, 0.4) is 0 Å². The van der Waals surface area contributed by atoms with E-state index in [1.807, 2.05) is 0 Å². The topological polar surface area (TPSA) is 185 Å². The van der Waals surface area contributed by atoms with E-state index in [1.165, 1.54) is 11.8 Å². The second-order valence-corrected chi connectivity index (χ2v) is 5.81. The zero-order valence-electron chi connectivity index (χ0n) is 13.9. The summed E-state index contributed by atoms with van der Waals surface area (Å²) in [5.74, 6) is -3.68. The van der Waals surface area contributed by atoms with Gasteiger partial charge in [0.1, 0.15) is 18.6 Å². The Morgan fingerprint density at radius 3 is 2.48 bits per heavy atom. The molecule has 0 aromatic carbocycles.